The quantitative estimate of drug-likeness (QED) is 0.813. The molecule has 3 amide bonds. The van der Waals surface area contributed by atoms with Gasteiger partial charge in [-0.2, -0.15) is 5.10 Å². The molecule has 2 fully saturated rings. The number of hydrogen-bond donors (Lipinski definition) is 1. The van der Waals surface area contributed by atoms with E-state index in [1.54, 1.807) is 38.9 Å². The van der Waals surface area contributed by atoms with Gasteiger partial charge in [0, 0.05) is 20.1 Å². The second-order valence-corrected chi connectivity index (χ2v) is 7.04. The molecule has 0 aliphatic carbocycles. The Labute approximate surface area is 148 Å². The van der Waals surface area contributed by atoms with E-state index in [0.29, 0.717) is 18.8 Å². The Hall–Kier alpha value is -2.68. The van der Waals surface area contributed by atoms with Crippen LogP contribution in [0.15, 0.2) is 23.6 Å². The number of carbonyl (C=O) groups is 3. The maximum atomic E-state index is 12.9. The highest BCUT2D eigenvalue weighted by Gasteiger charge is 2.40. The average molecular weight is 359 g/mol. The molecule has 2 aromatic heterocycles. The first-order valence-corrected chi connectivity index (χ1v) is 8.87. The summed E-state index contributed by atoms with van der Waals surface area (Å²) in [5.74, 6) is -0.484. The van der Waals surface area contributed by atoms with Crippen molar-refractivity contribution in [2.24, 2.45) is 7.05 Å². The Kier molecular flexibility index (Phi) is 3.79. The highest BCUT2D eigenvalue weighted by Crippen LogP contribution is 2.25. The molecular weight excluding hydrogens is 342 g/mol. The summed E-state index contributed by atoms with van der Waals surface area (Å²) in [6, 6.07) is 5.06. The average Bonchev–Trinajstić information content (AvgIpc) is 3.27. The monoisotopic (exact) mass is 359 g/mol. The molecule has 2 aromatic rings. The smallest absolute Gasteiger partial charge is 0.272 e. The Bertz CT molecular complexity index is 844. The van der Waals surface area contributed by atoms with E-state index in [1.165, 1.54) is 0 Å². The van der Waals surface area contributed by atoms with Crippen LogP contribution in [0, 0.1) is 0 Å². The summed E-state index contributed by atoms with van der Waals surface area (Å²) >= 11 is 1.56. The van der Waals surface area contributed by atoms with Gasteiger partial charge in [0.25, 0.3) is 5.91 Å². The molecule has 1 N–H and O–H groups in total. The van der Waals surface area contributed by atoms with Gasteiger partial charge in [-0.05, 0) is 17.5 Å². The van der Waals surface area contributed by atoms with Crippen LogP contribution in [0.4, 0.5) is 0 Å². The topological polar surface area (TPSA) is 87.5 Å². The maximum Gasteiger partial charge on any atom is 0.272 e. The molecule has 2 aliphatic rings. The third kappa shape index (κ3) is 2.70. The minimum atomic E-state index is -0.607. The standard InChI is InChI=1S/C16H17N5O3S/c1-19-11(7-10(18-19)13-3-2-6-25-13)16(24)20-4-5-21-12(9-20)15(23)17-8-14(21)22/h2-3,6-7,12H,4-5,8-9H2,1H3,(H,17,23). The molecule has 1 atom stereocenters. The lowest BCUT2D eigenvalue weighted by molar-refractivity contribution is -0.148. The van der Waals surface area contributed by atoms with Crippen LogP contribution in [0.3, 0.4) is 0 Å². The SMILES string of the molecule is Cn1nc(-c2cccs2)cc1C(=O)N1CCN2C(=O)CNC(=O)C2C1. The number of thiophene rings is 1. The van der Waals surface area contributed by atoms with Crippen molar-refractivity contribution in [2.45, 2.75) is 6.04 Å². The minimum Gasteiger partial charge on any atom is -0.345 e. The van der Waals surface area contributed by atoms with Gasteiger partial charge < -0.3 is 15.1 Å². The van der Waals surface area contributed by atoms with E-state index in [1.807, 2.05) is 17.5 Å². The number of nitrogens with zero attached hydrogens (tertiary/aromatic N) is 4. The third-order valence-electron chi connectivity index (χ3n) is 4.58. The number of piperazine rings is 2. The maximum absolute atomic E-state index is 12.9. The van der Waals surface area contributed by atoms with Crippen LogP contribution in [-0.2, 0) is 16.6 Å². The lowest BCUT2D eigenvalue weighted by Gasteiger charge is -2.42. The molecule has 9 heteroatoms. The summed E-state index contributed by atoms with van der Waals surface area (Å²) in [7, 11) is 1.73. The van der Waals surface area contributed by atoms with E-state index in [9.17, 15) is 14.4 Å². The summed E-state index contributed by atoms with van der Waals surface area (Å²) in [5.41, 5.74) is 1.23. The molecule has 8 nitrogen and oxygen atoms in total. The van der Waals surface area contributed by atoms with Crippen molar-refractivity contribution in [1.29, 1.82) is 0 Å². The Balaban J connectivity index is 1.56. The van der Waals surface area contributed by atoms with Gasteiger partial charge in [-0.1, -0.05) is 6.07 Å². The fraction of sp³-hybridized carbons (Fsp3) is 0.375. The largest absolute Gasteiger partial charge is 0.345 e. The van der Waals surface area contributed by atoms with E-state index in [2.05, 4.69) is 10.4 Å². The summed E-state index contributed by atoms with van der Waals surface area (Å²) in [4.78, 5) is 41.0. The van der Waals surface area contributed by atoms with Gasteiger partial charge in [0.1, 0.15) is 17.4 Å². The normalized spacial score (nSPS) is 20.4. The Morgan fingerprint density at radius 1 is 1.36 bits per heavy atom. The van der Waals surface area contributed by atoms with Crippen molar-refractivity contribution in [3.05, 3.63) is 29.3 Å². The van der Waals surface area contributed by atoms with Crippen LogP contribution in [-0.4, -0.2) is 69.5 Å². The molecular formula is C16H17N5O3S. The van der Waals surface area contributed by atoms with Gasteiger partial charge in [-0.3, -0.25) is 19.1 Å². The highest BCUT2D eigenvalue weighted by atomic mass is 32.1. The number of fused-ring (bicyclic) bond motifs is 1. The summed E-state index contributed by atoms with van der Waals surface area (Å²) in [5, 5.41) is 8.95. The van der Waals surface area contributed by atoms with E-state index in [4.69, 9.17) is 0 Å². The fourth-order valence-corrected chi connectivity index (χ4v) is 3.93. The van der Waals surface area contributed by atoms with Gasteiger partial charge in [-0.25, -0.2) is 0 Å². The molecule has 0 spiro atoms. The molecule has 25 heavy (non-hydrogen) atoms. The Morgan fingerprint density at radius 2 is 2.20 bits per heavy atom. The zero-order valence-electron chi connectivity index (χ0n) is 13.6. The number of amides is 3. The summed E-state index contributed by atoms with van der Waals surface area (Å²) < 4.78 is 1.57. The number of carbonyl (C=O) groups excluding carboxylic acids is 3. The van der Waals surface area contributed by atoms with Crippen LogP contribution in [0.5, 0.6) is 0 Å². The molecule has 2 aliphatic heterocycles. The van der Waals surface area contributed by atoms with Crippen molar-refractivity contribution in [3.63, 3.8) is 0 Å². The molecule has 2 saturated heterocycles. The molecule has 0 radical (unpaired) electrons. The highest BCUT2D eigenvalue weighted by molar-refractivity contribution is 7.13. The molecule has 130 valence electrons. The van der Waals surface area contributed by atoms with Gasteiger partial charge in [0.2, 0.25) is 11.8 Å². The predicted molar refractivity (Wildman–Crippen MR) is 90.9 cm³/mol. The molecule has 0 aromatic carbocycles. The van der Waals surface area contributed by atoms with Gasteiger partial charge >= 0.3 is 0 Å². The number of aromatic nitrogens is 2. The lowest BCUT2D eigenvalue weighted by atomic mass is 10.1. The zero-order chi connectivity index (χ0) is 17.6. The van der Waals surface area contributed by atoms with Crippen molar-refractivity contribution in [1.82, 2.24) is 24.9 Å². The predicted octanol–water partition coefficient (Wildman–Crippen LogP) is -0.0686. The molecule has 4 rings (SSSR count). The first-order chi connectivity index (χ1) is 12.0. The number of hydrogen-bond acceptors (Lipinski definition) is 5. The molecule has 0 bridgehead atoms. The first kappa shape index (κ1) is 15.8. The van der Waals surface area contributed by atoms with E-state index in [-0.39, 0.29) is 30.8 Å². The minimum absolute atomic E-state index is 0.0369. The third-order valence-corrected chi connectivity index (χ3v) is 5.47. The number of aryl methyl sites for hydroxylation is 1. The second-order valence-electron chi connectivity index (χ2n) is 6.09. The van der Waals surface area contributed by atoms with Gasteiger partial charge in [-0.15, -0.1) is 11.3 Å². The van der Waals surface area contributed by atoms with E-state index in [0.717, 1.165) is 10.6 Å². The first-order valence-electron chi connectivity index (χ1n) is 7.99. The van der Waals surface area contributed by atoms with E-state index >= 15 is 0 Å². The summed E-state index contributed by atoms with van der Waals surface area (Å²) in [6.07, 6.45) is 0. The fourth-order valence-electron chi connectivity index (χ4n) is 3.25. The van der Waals surface area contributed by atoms with Gasteiger partial charge in [0.05, 0.1) is 18.0 Å². The Morgan fingerprint density at radius 3 is 2.96 bits per heavy atom. The number of nitrogens with one attached hydrogen (secondary N) is 1. The summed E-state index contributed by atoms with van der Waals surface area (Å²) in [6.45, 7) is 1.03. The molecule has 0 saturated carbocycles. The van der Waals surface area contributed by atoms with Crippen LogP contribution < -0.4 is 5.32 Å². The molecule has 4 heterocycles. The van der Waals surface area contributed by atoms with E-state index < -0.39 is 6.04 Å². The van der Waals surface area contributed by atoms with Crippen molar-refractivity contribution in [3.8, 4) is 10.6 Å². The molecule has 1 unspecified atom stereocenters. The van der Waals surface area contributed by atoms with Gasteiger partial charge in [0.15, 0.2) is 0 Å². The second kappa shape index (κ2) is 5.99. The van der Waals surface area contributed by atoms with Crippen molar-refractivity contribution < 1.29 is 14.4 Å². The van der Waals surface area contributed by atoms with Crippen LogP contribution in [0.2, 0.25) is 0 Å². The van der Waals surface area contributed by atoms with Crippen LogP contribution in [0.1, 0.15) is 10.5 Å². The van der Waals surface area contributed by atoms with Crippen molar-refractivity contribution in [2.75, 3.05) is 26.2 Å². The van der Waals surface area contributed by atoms with Crippen LogP contribution >= 0.6 is 11.3 Å². The zero-order valence-corrected chi connectivity index (χ0v) is 14.5. The van der Waals surface area contributed by atoms with Crippen molar-refractivity contribution >= 4 is 29.1 Å². The van der Waals surface area contributed by atoms with Crippen LogP contribution in [0.25, 0.3) is 10.6 Å². The number of rotatable bonds is 2. The lowest BCUT2D eigenvalue weighted by Crippen LogP contribution is -2.66.